The van der Waals surface area contributed by atoms with Gasteiger partial charge in [0.2, 0.25) is 11.6 Å². The standard InChI is InChI=1S/C19H26N6O4/c1-14-4-5-16(28-2)15(12-14)23-19-17(25(26)27)18(21-13-22-19)20-6-3-7-24-8-10-29-11-9-24/h4-5,12-13H,3,6-11H2,1-2H3,(H2,20,21,22,23). The zero-order valence-corrected chi connectivity index (χ0v) is 16.7. The molecule has 3 rings (SSSR count). The Balaban J connectivity index is 1.70. The van der Waals surface area contributed by atoms with Gasteiger partial charge in [0.25, 0.3) is 0 Å². The molecule has 2 aromatic rings. The molecule has 156 valence electrons. The van der Waals surface area contributed by atoms with Gasteiger partial charge in [-0.3, -0.25) is 15.0 Å². The summed E-state index contributed by atoms with van der Waals surface area (Å²) in [5, 5.41) is 17.8. The van der Waals surface area contributed by atoms with Crippen LogP contribution in [0.1, 0.15) is 12.0 Å². The Morgan fingerprint density at radius 2 is 2.03 bits per heavy atom. The maximum absolute atomic E-state index is 11.7. The second kappa shape index (κ2) is 9.99. The lowest BCUT2D eigenvalue weighted by molar-refractivity contribution is -0.383. The van der Waals surface area contributed by atoms with E-state index in [2.05, 4.69) is 25.5 Å². The van der Waals surface area contributed by atoms with Crippen molar-refractivity contribution in [3.63, 3.8) is 0 Å². The first-order valence-electron chi connectivity index (χ1n) is 9.53. The largest absolute Gasteiger partial charge is 0.495 e. The quantitative estimate of drug-likeness (QED) is 0.371. The smallest absolute Gasteiger partial charge is 0.353 e. The van der Waals surface area contributed by atoms with Crippen LogP contribution in [-0.2, 0) is 4.74 Å². The van der Waals surface area contributed by atoms with E-state index in [-0.39, 0.29) is 17.3 Å². The van der Waals surface area contributed by atoms with Crippen molar-refractivity contribution in [2.45, 2.75) is 13.3 Å². The Morgan fingerprint density at radius 3 is 2.76 bits per heavy atom. The Hall–Kier alpha value is -2.98. The van der Waals surface area contributed by atoms with Crippen molar-refractivity contribution >= 4 is 23.0 Å². The molecule has 1 aliphatic heterocycles. The van der Waals surface area contributed by atoms with E-state index in [1.165, 1.54) is 6.33 Å². The lowest BCUT2D eigenvalue weighted by atomic mass is 10.2. The molecular weight excluding hydrogens is 376 g/mol. The Labute approximate surface area is 169 Å². The molecule has 1 aromatic carbocycles. The van der Waals surface area contributed by atoms with Gasteiger partial charge in [-0.25, -0.2) is 9.97 Å². The fraction of sp³-hybridized carbons (Fsp3) is 0.474. The maximum atomic E-state index is 11.7. The number of rotatable bonds is 9. The highest BCUT2D eigenvalue weighted by Crippen LogP contribution is 2.34. The van der Waals surface area contributed by atoms with Gasteiger partial charge in [-0.05, 0) is 37.6 Å². The lowest BCUT2D eigenvalue weighted by Crippen LogP contribution is -2.37. The summed E-state index contributed by atoms with van der Waals surface area (Å²) in [5.74, 6) is 0.884. The van der Waals surface area contributed by atoms with E-state index < -0.39 is 4.92 Å². The van der Waals surface area contributed by atoms with Gasteiger partial charge in [0, 0.05) is 19.6 Å². The number of nitrogens with one attached hydrogen (secondary N) is 2. The molecule has 0 unspecified atom stereocenters. The molecule has 0 amide bonds. The predicted octanol–water partition coefficient (Wildman–Crippen LogP) is 2.58. The summed E-state index contributed by atoms with van der Waals surface area (Å²) >= 11 is 0. The van der Waals surface area contributed by atoms with Gasteiger partial charge in [-0.2, -0.15) is 0 Å². The van der Waals surface area contributed by atoms with E-state index in [4.69, 9.17) is 9.47 Å². The van der Waals surface area contributed by atoms with Gasteiger partial charge < -0.3 is 20.1 Å². The van der Waals surface area contributed by atoms with Crippen LogP contribution in [0.5, 0.6) is 5.75 Å². The number of anilines is 3. The Kier molecular flexibility index (Phi) is 7.14. The molecule has 0 radical (unpaired) electrons. The van der Waals surface area contributed by atoms with Crippen molar-refractivity contribution in [3.8, 4) is 5.75 Å². The second-order valence-electron chi connectivity index (χ2n) is 6.74. The Bertz CT molecular complexity index is 841. The third kappa shape index (κ3) is 5.52. The molecule has 10 nitrogen and oxygen atoms in total. The number of morpholine rings is 1. The molecule has 0 saturated carbocycles. The van der Waals surface area contributed by atoms with Crippen molar-refractivity contribution in [2.24, 2.45) is 0 Å². The van der Waals surface area contributed by atoms with Crippen LogP contribution < -0.4 is 15.4 Å². The fourth-order valence-corrected chi connectivity index (χ4v) is 3.15. The molecule has 1 aliphatic rings. The number of hydrogen-bond donors (Lipinski definition) is 2. The molecule has 1 saturated heterocycles. The van der Waals surface area contributed by atoms with Gasteiger partial charge in [0.15, 0.2) is 0 Å². The minimum absolute atomic E-state index is 0.115. The number of benzene rings is 1. The SMILES string of the molecule is COc1ccc(C)cc1Nc1ncnc(NCCCN2CCOCC2)c1[N+](=O)[O-]. The van der Waals surface area contributed by atoms with Crippen LogP contribution in [-0.4, -0.2) is 66.3 Å². The average molecular weight is 402 g/mol. The van der Waals surface area contributed by atoms with E-state index in [0.717, 1.165) is 44.8 Å². The highest BCUT2D eigenvalue weighted by atomic mass is 16.6. The fourth-order valence-electron chi connectivity index (χ4n) is 3.15. The third-order valence-corrected chi connectivity index (χ3v) is 4.66. The Morgan fingerprint density at radius 1 is 1.28 bits per heavy atom. The minimum atomic E-state index is -0.477. The first-order chi connectivity index (χ1) is 14.1. The normalized spacial score (nSPS) is 14.4. The first kappa shape index (κ1) is 20.7. The minimum Gasteiger partial charge on any atom is -0.495 e. The summed E-state index contributed by atoms with van der Waals surface area (Å²) in [4.78, 5) is 21.7. The summed E-state index contributed by atoms with van der Waals surface area (Å²) in [6.07, 6.45) is 2.15. The van der Waals surface area contributed by atoms with Gasteiger partial charge in [0.05, 0.1) is 30.9 Å². The first-order valence-corrected chi connectivity index (χ1v) is 9.53. The van der Waals surface area contributed by atoms with E-state index >= 15 is 0 Å². The van der Waals surface area contributed by atoms with Crippen LogP contribution >= 0.6 is 0 Å². The zero-order chi connectivity index (χ0) is 20.6. The maximum Gasteiger partial charge on any atom is 0.353 e. The predicted molar refractivity (Wildman–Crippen MR) is 110 cm³/mol. The van der Waals surface area contributed by atoms with E-state index in [1.54, 1.807) is 13.2 Å². The molecule has 1 fully saturated rings. The van der Waals surface area contributed by atoms with Gasteiger partial charge in [-0.1, -0.05) is 6.07 Å². The number of ether oxygens (including phenoxy) is 2. The number of nitro groups is 1. The number of nitrogens with zero attached hydrogens (tertiary/aromatic N) is 4. The molecule has 0 atom stereocenters. The van der Waals surface area contributed by atoms with Crippen LogP contribution in [0.4, 0.5) is 23.0 Å². The van der Waals surface area contributed by atoms with Crippen molar-refractivity contribution in [3.05, 3.63) is 40.2 Å². The average Bonchev–Trinajstić information content (AvgIpc) is 2.72. The third-order valence-electron chi connectivity index (χ3n) is 4.66. The number of methoxy groups -OCH3 is 1. The monoisotopic (exact) mass is 402 g/mol. The molecule has 29 heavy (non-hydrogen) atoms. The topological polar surface area (TPSA) is 115 Å². The van der Waals surface area contributed by atoms with Crippen LogP contribution in [0.15, 0.2) is 24.5 Å². The lowest BCUT2D eigenvalue weighted by Gasteiger charge is -2.26. The molecular formula is C19H26N6O4. The van der Waals surface area contributed by atoms with Crippen LogP contribution in [0.25, 0.3) is 0 Å². The highest BCUT2D eigenvalue weighted by Gasteiger charge is 2.24. The summed E-state index contributed by atoms with van der Waals surface area (Å²) in [7, 11) is 1.55. The van der Waals surface area contributed by atoms with Crippen molar-refractivity contribution in [1.29, 1.82) is 0 Å². The summed E-state index contributed by atoms with van der Waals surface area (Å²) in [6.45, 7) is 6.74. The van der Waals surface area contributed by atoms with Crippen molar-refractivity contribution in [2.75, 3.05) is 57.1 Å². The van der Waals surface area contributed by atoms with E-state index in [0.29, 0.717) is 18.0 Å². The number of aryl methyl sites for hydroxylation is 1. The molecule has 2 heterocycles. The molecule has 0 aliphatic carbocycles. The molecule has 2 N–H and O–H groups in total. The van der Waals surface area contributed by atoms with Gasteiger partial charge >= 0.3 is 5.69 Å². The van der Waals surface area contributed by atoms with Gasteiger partial charge in [-0.15, -0.1) is 0 Å². The molecule has 0 spiro atoms. The second-order valence-corrected chi connectivity index (χ2v) is 6.74. The molecule has 1 aromatic heterocycles. The van der Waals surface area contributed by atoms with Crippen LogP contribution in [0.2, 0.25) is 0 Å². The number of hydrogen-bond acceptors (Lipinski definition) is 9. The zero-order valence-electron chi connectivity index (χ0n) is 16.7. The van der Waals surface area contributed by atoms with E-state index in [1.807, 2.05) is 19.1 Å². The van der Waals surface area contributed by atoms with Crippen molar-refractivity contribution < 1.29 is 14.4 Å². The summed E-state index contributed by atoms with van der Waals surface area (Å²) < 4.78 is 10.7. The highest BCUT2D eigenvalue weighted by molar-refractivity contribution is 5.76. The number of aromatic nitrogens is 2. The van der Waals surface area contributed by atoms with Gasteiger partial charge in [0.1, 0.15) is 12.1 Å². The molecule has 0 bridgehead atoms. The summed E-state index contributed by atoms with van der Waals surface area (Å²) in [5.41, 5.74) is 1.40. The summed E-state index contributed by atoms with van der Waals surface area (Å²) in [6, 6.07) is 5.55. The van der Waals surface area contributed by atoms with Crippen molar-refractivity contribution in [1.82, 2.24) is 14.9 Å². The van der Waals surface area contributed by atoms with Crippen LogP contribution in [0.3, 0.4) is 0 Å². The molecule has 10 heteroatoms. The van der Waals surface area contributed by atoms with Crippen LogP contribution in [0, 0.1) is 17.0 Å². The van der Waals surface area contributed by atoms with E-state index in [9.17, 15) is 10.1 Å².